The SMILES string of the molecule is C[C@H](Sc1nnc(C2CC2)n1C)C(=O)NC(=O)NC1CCCC1. The quantitative estimate of drug-likeness (QED) is 0.802. The van der Waals surface area contributed by atoms with E-state index in [0.717, 1.165) is 44.3 Å². The number of carbonyl (C=O) groups excluding carboxylic acids is 2. The van der Waals surface area contributed by atoms with Gasteiger partial charge in [0.05, 0.1) is 5.25 Å². The van der Waals surface area contributed by atoms with Gasteiger partial charge >= 0.3 is 6.03 Å². The molecule has 3 rings (SSSR count). The lowest BCUT2D eigenvalue weighted by atomic mass is 10.2. The van der Waals surface area contributed by atoms with Gasteiger partial charge in [0.2, 0.25) is 5.91 Å². The predicted molar refractivity (Wildman–Crippen MR) is 87.2 cm³/mol. The Bertz CT molecular complexity index is 593. The minimum absolute atomic E-state index is 0.200. The summed E-state index contributed by atoms with van der Waals surface area (Å²) >= 11 is 1.33. The molecule has 0 saturated heterocycles. The van der Waals surface area contributed by atoms with Crippen molar-refractivity contribution in [3.8, 4) is 0 Å². The molecule has 2 aliphatic carbocycles. The zero-order chi connectivity index (χ0) is 16.4. The molecule has 1 atom stereocenters. The fraction of sp³-hybridized carbons (Fsp3) is 0.733. The Morgan fingerprint density at radius 2 is 1.91 bits per heavy atom. The molecular formula is C15H23N5O2S. The van der Waals surface area contributed by atoms with Gasteiger partial charge in [-0.15, -0.1) is 10.2 Å². The number of hydrogen-bond donors (Lipinski definition) is 2. The van der Waals surface area contributed by atoms with Crippen LogP contribution in [0.15, 0.2) is 5.16 Å². The molecule has 1 heterocycles. The van der Waals surface area contributed by atoms with Gasteiger partial charge in [0.1, 0.15) is 5.82 Å². The standard InChI is InChI=1S/C15H23N5O2S/c1-9(13(21)17-14(22)16-11-5-3-4-6-11)23-15-19-18-12(20(15)2)10-7-8-10/h9-11H,3-8H2,1-2H3,(H2,16,17,21,22)/t9-/m0/s1. The number of rotatable bonds is 5. The maximum atomic E-state index is 12.1. The molecule has 2 saturated carbocycles. The number of nitrogens with zero attached hydrogens (tertiary/aromatic N) is 3. The first-order valence-electron chi connectivity index (χ1n) is 8.22. The predicted octanol–water partition coefficient (Wildman–Crippen LogP) is 1.94. The van der Waals surface area contributed by atoms with E-state index in [2.05, 4.69) is 20.8 Å². The summed E-state index contributed by atoms with van der Waals surface area (Å²) in [5.74, 6) is 1.20. The second-order valence-electron chi connectivity index (χ2n) is 6.38. The minimum Gasteiger partial charge on any atom is -0.335 e. The van der Waals surface area contributed by atoms with Gasteiger partial charge in [-0.1, -0.05) is 24.6 Å². The zero-order valence-corrected chi connectivity index (χ0v) is 14.4. The molecule has 0 unspecified atom stereocenters. The summed E-state index contributed by atoms with van der Waals surface area (Å²) in [5, 5.41) is 13.9. The summed E-state index contributed by atoms with van der Waals surface area (Å²) in [6, 6.07) is -0.198. The van der Waals surface area contributed by atoms with Crippen LogP contribution in [0.4, 0.5) is 4.79 Å². The van der Waals surface area contributed by atoms with Crippen molar-refractivity contribution in [3.63, 3.8) is 0 Å². The number of carbonyl (C=O) groups is 2. The van der Waals surface area contributed by atoms with Gasteiger partial charge in [-0.3, -0.25) is 10.1 Å². The van der Waals surface area contributed by atoms with E-state index in [4.69, 9.17) is 0 Å². The highest BCUT2D eigenvalue weighted by Gasteiger charge is 2.30. The van der Waals surface area contributed by atoms with Gasteiger partial charge in [-0.05, 0) is 32.6 Å². The number of thioether (sulfide) groups is 1. The Morgan fingerprint density at radius 3 is 2.57 bits per heavy atom. The topological polar surface area (TPSA) is 88.9 Å². The van der Waals surface area contributed by atoms with Crippen LogP contribution in [-0.2, 0) is 11.8 Å². The molecule has 126 valence electrons. The van der Waals surface area contributed by atoms with Crippen molar-refractivity contribution in [3.05, 3.63) is 5.82 Å². The molecule has 1 aromatic heterocycles. The Morgan fingerprint density at radius 1 is 1.22 bits per heavy atom. The Balaban J connectivity index is 1.49. The van der Waals surface area contributed by atoms with E-state index in [1.807, 2.05) is 11.6 Å². The van der Waals surface area contributed by atoms with E-state index in [1.54, 1.807) is 6.92 Å². The van der Waals surface area contributed by atoms with Gasteiger partial charge in [0, 0.05) is 19.0 Å². The fourth-order valence-corrected chi connectivity index (χ4v) is 3.66. The molecule has 0 spiro atoms. The van der Waals surface area contributed by atoms with Gasteiger partial charge in [-0.2, -0.15) is 0 Å². The molecule has 2 fully saturated rings. The van der Waals surface area contributed by atoms with Gasteiger partial charge in [0.25, 0.3) is 0 Å². The molecule has 2 aliphatic rings. The molecule has 0 aliphatic heterocycles. The molecule has 8 heteroatoms. The molecule has 3 amide bonds. The third-order valence-electron chi connectivity index (χ3n) is 4.39. The summed E-state index contributed by atoms with van der Waals surface area (Å²) in [6.07, 6.45) is 6.59. The van der Waals surface area contributed by atoms with Crippen LogP contribution in [0.1, 0.15) is 57.2 Å². The lowest BCUT2D eigenvalue weighted by molar-refractivity contribution is -0.119. The Hall–Kier alpha value is -1.57. The van der Waals surface area contributed by atoms with E-state index in [-0.39, 0.29) is 11.9 Å². The summed E-state index contributed by atoms with van der Waals surface area (Å²) < 4.78 is 1.95. The monoisotopic (exact) mass is 337 g/mol. The van der Waals surface area contributed by atoms with Crippen molar-refractivity contribution in [1.82, 2.24) is 25.4 Å². The summed E-state index contributed by atoms with van der Waals surface area (Å²) in [6.45, 7) is 1.77. The van der Waals surface area contributed by atoms with E-state index >= 15 is 0 Å². The number of hydrogen-bond acceptors (Lipinski definition) is 5. The number of amides is 3. The van der Waals surface area contributed by atoms with E-state index < -0.39 is 11.3 Å². The van der Waals surface area contributed by atoms with Crippen LogP contribution in [0.5, 0.6) is 0 Å². The van der Waals surface area contributed by atoms with Crippen molar-refractivity contribution in [2.45, 2.75) is 67.8 Å². The van der Waals surface area contributed by atoms with Gasteiger partial charge in [-0.25, -0.2) is 4.79 Å². The first-order valence-corrected chi connectivity index (χ1v) is 9.10. The highest BCUT2D eigenvalue weighted by molar-refractivity contribution is 8.00. The van der Waals surface area contributed by atoms with Crippen LogP contribution in [0, 0.1) is 0 Å². The van der Waals surface area contributed by atoms with Crippen molar-refractivity contribution in [1.29, 1.82) is 0 Å². The van der Waals surface area contributed by atoms with Crippen LogP contribution in [0.3, 0.4) is 0 Å². The molecule has 7 nitrogen and oxygen atoms in total. The fourth-order valence-electron chi connectivity index (χ4n) is 2.84. The van der Waals surface area contributed by atoms with E-state index in [1.165, 1.54) is 11.8 Å². The lowest BCUT2D eigenvalue weighted by Gasteiger charge is -2.14. The highest BCUT2D eigenvalue weighted by Crippen LogP contribution is 2.39. The second kappa shape index (κ2) is 6.90. The molecule has 0 radical (unpaired) electrons. The summed E-state index contributed by atoms with van der Waals surface area (Å²) in [5.41, 5.74) is 0. The molecule has 2 N–H and O–H groups in total. The maximum Gasteiger partial charge on any atom is 0.321 e. The zero-order valence-electron chi connectivity index (χ0n) is 13.5. The largest absolute Gasteiger partial charge is 0.335 e. The normalized spacial score (nSPS) is 19.6. The number of imide groups is 1. The van der Waals surface area contributed by atoms with Crippen LogP contribution < -0.4 is 10.6 Å². The van der Waals surface area contributed by atoms with Crippen LogP contribution >= 0.6 is 11.8 Å². The average molecular weight is 337 g/mol. The van der Waals surface area contributed by atoms with Crippen molar-refractivity contribution in [2.24, 2.45) is 7.05 Å². The van der Waals surface area contributed by atoms with Crippen molar-refractivity contribution >= 4 is 23.7 Å². The second-order valence-corrected chi connectivity index (χ2v) is 7.69. The Labute approximate surface area is 140 Å². The third kappa shape index (κ3) is 4.04. The number of urea groups is 1. The molecule has 23 heavy (non-hydrogen) atoms. The van der Waals surface area contributed by atoms with Crippen molar-refractivity contribution < 1.29 is 9.59 Å². The first-order chi connectivity index (χ1) is 11.0. The lowest BCUT2D eigenvalue weighted by Crippen LogP contribution is -2.45. The molecular weight excluding hydrogens is 314 g/mol. The van der Waals surface area contributed by atoms with Crippen LogP contribution in [0.25, 0.3) is 0 Å². The van der Waals surface area contributed by atoms with Gasteiger partial charge < -0.3 is 9.88 Å². The van der Waals surface area contributed by atoms with E-state index in [0.29, 0.717) is 11.1 Å². The van der Waals surface area contributed by atoms with Crippen molar-refractivity contribution in [2.75, 3.05) is 0 Å². The smallest absolute Gasteiger partial charge is 0.321 e. The first kappa shape index (κ1) is 16.3. The van der Waals surface area contributed by atoms with Gasteiger partial charge in [0.15, 0.2) is 5.16 Å². The molecule has 0 bridgehead atoms. The minimum atomic E-state index is -0.403. The molecule has 1 aromatic rings. The van der Waals surface area contributed by atoms with Crippen LogP contribution in [0.2, 0.25) is 0 Å². The van der Waals surface area contributed by atoms with Crippen LogP contribution in [-0.4, -0.2) is 38.0 Å². The molecule has 0 aromatic carbocycles. The summed E-state index contributed by atoms with van der Waals surface area (Å²) in [7, 11) is 1.92. The van der Waals surface area contributed by atoms with E-state index in [9.17, 15) is 9.59 Å². The summed E-state index contributed by atoms with van der Waals surface area (Å²) in [4.78, 5) is 24.0. The third-order valence-corrected chi connectivity index (χ3v) is 5.52. The average Bonchev–Trinajstić information content (AvgIpc) is 3.11. The number of nitrogens with one attached hydrogen (secondary N) is 2. The number of aromatic nitrogens is 3. The maximum absolute atomic E-state index is 12.1. The highest BCUT2D eigenvalue weighted by atomic mass is 32.2. The Kier molecular flexibility index (Phi) is 4.89.